The quantitative estimate of drug-likeness (QED) is 0.493. The van der Waals surface area contributed by atoms with Crippen LogP contribution in [0.2, 0.25) is 0 Å². The molecule has 0 unspecified atom stereocenters. The van der Waals surface area contributed by atoms with Crippen molar-refractivity contribution >= 4 is 5.65 Å². The maximum atomic E-state index is 14.3. The lowest BCUT2D eigenvalue weighted by Crippen LogP contribution is -2.13. The molecule has 0 aliphatic carbocycles. The number of aryl methyl sites for hydroxylation is 1. The summed E-state index contributed by atoms with van der Waals surface area (Å²) in [5.74, 6) is -2.87. The molecule has 4 rings (SSSR count). The number of nitrogens with zero attached hydrogens (tertiary/aromatic N) is 4. The normalized spacial score (nSPS) is 12.0. The molecule has 0 radical (unpaired) electrons. The Morgan fingerprint density at radius 1 is 1.03 bits per heavy atom. The van der Waals surface area contributed by atoms with Crippen molar-refractivity contribution in [2.75, 3.05) is 0 Å². The summed E-state index contributed by atoms with van der Waals surface area (Å²) >= 11 is 0. The molecule has 160 valence electrons. The van der Waals surface area contributed by atoms with Gasteiger partial charge in [0.2, 0.25) is 5.82 Å². The average Bonchev–Trinajstić information content (AvgIpc) is 3.13. The van der Waals surface area contributed by atoms with Crippen molar-refractivity contribution in [2.24, 2.45) is 0 Å². The first kappa shape index (κ1) is 20.6. The third-order valence-electron chi connectivity index (χ3n) is 4.48. The standard InChI is InChI=1S/C19H11F6N5O/c1-8-2-11(21)9(3-10(8)20)4-13-17-28-15(19(23,24)25)7-30(17)6-14(27-13)16-26-5-12(22)18(31)29-16/h2-3,5-7H,4H2,1H3,(H,26,29,31). The van der Waals surface area contributed by atoms with Gasteiger partial charge in [0.05, 0.1) is 11.9 Å². The molecule has 3 aromatic heterocycles. The number of halogens is 6. The van der Waals surface area contributed by atoms with E-state index in [1.807, 2.05) is 0 Å². The van der Waals surface area contributed by atoms with Gasteiger partial charge in [-0.15, -0.1) is 0 Å². The van der Waals surface area contributed by atoms with Gasteiger partial charge >= 0.3 is 6.18 Å². The first-order valence-electron chi connectivity index (χ1n) is 8.68. The summed E-state index contributed by atoms with van der Waals surface area (Å²) in [6.45, 7) is 1.36. The number of benzene rings is 1. The monoisotopic (exact) mass is 439 g/mol. The summed E-state index contributed by atoms with van der Waals surface area (Å²) < 4.78 is 81.9. The molecule has 3 heterocycles. The van der Waals surface area contributed by atoms with Gasteiger partial charge in [-0.25, -0.2) is 23.7 Å². The molecule has 0 bridgehead atoms. The third kappa shape index (κ3) is 3.88. The number of aromatic nitrogens is 5. The molecule has 4 aromatic rings. The van der Waals surface area contributed by atoms with Gasteiger partial charge in [0.15, 0.2) is 17.2 Å². The van der Waals surface area contributed by atoms with Crippen molar-refractivity contribution in [3.63, 3.8) is 0 Å². The van der Waals surface area contributed by atoms with Crippen LogP contribution in [0.15, 0.2) is 35.5 Å². The van der Waals surface area contributed by atoms with Crippen LogP contribution >= 0.6 is 0 Å². The molecular formula is C19H11F6N5O. The highest BCUT2D eigenvalue weighted by atomic mass is 19.4. The number of hydrogen-bond donors (Lipinski definition) is 1. The summed E-state index contributed by atoms with van der Waals surface area (Å²) in [4.78, 5) is 25.0. The van der Waals surface area contributed by atoms with E-state index in [9.17, 15) is 31.1 Å². The molecule has 31 heavy (non-hydrogen) atoms. The summed E-state index contributed by atoms with van der Waals surface area (Å²) in [6.07, 6.45) is -2.77. The maximum absolute atomic E-state index is 14.3. The summed E-state index contributed by atoms with van der Waals surface area (Å²) in [6, 6.07) is 1.87. The Hall–Kier alpha value is -3.70. The molecule has 1 N–H and O–H groups in total. The average molecular weight is 439 g/mol. The minimum Gasteiger partial charge on any atom is -0.303 e. The fourth-order valence-electron chi connectivity index (χ4n) is 2.94. The minimum atomic E-state index is -4.77. The van der Waals surface area contributed by atoms with Crippen molar-refractivity contribution in [3.8, 4) is 11.5 Å². The van der Waals surface area contributed by atoms with Crippen LogP contribution in [0.1, 0.15) is 22.5 Å². The number of H-pyrrole nitrogens is 1. The Bertz CT molecular complexity index is 1370. The second-order valence-corrected chi connectivity index (χ2v) is 6.71. The highest BCUT2D eigenvalue weighted by Gasteiger charge is 2.34. The first-order chi connectivity index (χ1) is 14.5. The van der Waals surface area contributed by atoms with Crippen LogP contribution in [0, 0.1) is 24.4 Å². The van der Waals surface area contributed by atoms with E-state index in [0.717, 1.165) is 22.7 Å². The number of imidazole rings is 1. The van der Waals surface area contributed by atoms with E-state index >= 15 is 0 Å². The number of hydrogen-bond acceptors (Lipinski definition) is 4. The Morgan fingerprint density at radius 2 is 1.77 bits per heavy atom. The molecule has 0 aliphatic rings. The van der Waals surface area contributed by atoms with E-state index in [1.54, 1.807) is 0 Å². The van der Waals surface area contributed by atoms with Crippen LogP contribution in [-0.4, -0.2) is 24.3 Å². The van der Waals surface area contributed by atoms with Gasteiger partial charge in [0.25, 0.3) is 5.56 Å². The number of aromatic amines is 1. The van der Waals surface area contributed by atoms with E-state index in [4.69, 9.17) is 0 Å². The maximum Gasteiger partial charge on any atom is 0.434 e. The summed E-state index contributed by atoms with van der Waals surface area (Å²) in [5.41, 5.74) is -2.96. The van der Waals surface area contributed by atoms with Crippen molar-refractivity contribution in [1.82, 2.24) is 24.3 Å². The van der Waals surface area contributed by atoms with E-state index < -0.39 is 41.3 Å². The number of nitrogens with one attached hydrogen (secondary N) is 1. The van der Waals surface area contributed by atoms with Gasteiger partial charge in [0, 0.05) is 18.8 Å². The predicted octanol–water partition coefficient (Wildman–Crippen LogP) is 3.81. The first-order valence-corrected chi connectivity index (χ1v) is 8.68. The van der Waals surface area contributed by atoms with Gasteiger partial charge in [-0.2, -0.15) is 17.6 Å². The molecule has 6 nitrogen and oxygen atoms in total. The summed E-state index contributed by atoms with van der Waals surface area (Å²) in [5, 5.41) is 0. The zero-order chi connectivity index (χ0) is 22.5. The molecule has 0 saturated heterocycles. The minimum absolute atomic E-state index is 0.0568. The molecule has 0 saturated carbocycles. The molecule has 0 spiro atoms. The van der Waals surface area contributed by atoms with E-state index in [0.29, 0.717) is 12.4 Å². The molecule has 12 heteroatoms. The Morgan fingerprint density at radius 3 is 2.45 bits per heavy atom. The lowest BCUT2D eigenvalue weighted by atomic mass is 10.1. The summed E-state index contributed by atoms with van der Waals surface area (Å²) in [7, 11) is 0. The van der Waals surface area contributed by atoms with Crippen LogP contribution in [0.4, 0.5) is 26.3 Å². The fourth-order valence-corrected chi connectivity index (χ4v) is 2.94. The van der Waals surface area contributed by atoms with Crippen molar-refractivity contribution in [3.05, 3.63) is 81.0 Å². The zero-order valence-corrected chi connectivity index (χ0v) is 15.6. The van der Waals surface area contributed by atoms with Gasteiger partial charge in [-0.05, 0) is 30.2 Å². The van der Waals surface area contributed by atoms with Gasteiger partial charge in [0.1, 0.15) is 17.3 Å². The molecule has 1 aromatic carbocycles. The number of alkyl halides is 3. The van der Waals surface area contributed by atoms with E-state index in [-0.39, 0.29) is 34.0 Å². The lowest BCUT2D eigenvalue weighted by molar-refractivity contribution is -0.140. The Labute approximate surface area is 169 Å². The van der Waals surface area contributed by atoms with Gasteiger partial charge in [-0.3, -0.25) is 4.79 Å². The lowest BCUT2D eigenvalue weighted by Gasteiger charge is -2.09. The van der Waals surface area contributed by atoms with Crippen molar-refractivity contribution < 1.29 is 26.3 Å². The molecular weight excluding hydrogens is 428 g/mol. The molecule has 0 fully saturated rings. The Balaban J connectivity index is 1.93. The van der Waals surface area contributed by atoms with Crippen LogP contribution < -0.4 is 5.56 Å². The third-order valence-corrected chi connectivity index (χ3v) is 4.48. The van der Waals surface area contributed by atoms with Crippen molar-refractivity contribution in [1.29, 1.82) is 0 Å². The molecule has 0 atom stereocenters. The predicted molar refractivity (Wildman–Crippen MR) is 95.7 cm³/mol. The van der Waals surface area contributed by atoms with Crippen molar-refractivity contribution in [2.45, 2.75) is 19.5 Å². The second-order valence-electron chi connectivity index (χ2n) is 6.71. The van der Waals surface area contributed by atoms with Crippen LogP contribution in [0.5, 0.6) is 0 Å². The molecule has 0 amide bonds. The highest BCUT2D eigenvalue weighted by Crippen LogP contribution is 2.30. The Kier molecular flexibility index (Phi) is 4.79. The smallest absolute Gasteiger partial charge is 0.303 e. The topological polar surface area (TPSA) is 75.9 Å². The van der Waals surface area contributed by atoms with Crippen LogP contribution in [0.25, 0.3) is 17.2 Å². The fraction of sp³-hybridized carbons (Fsp3) is 0.158. The molecule has 0 aliphatic heterocycles. The number of fused-ring (bicyclic) bond motifs is 1. The van der Waals surface area contributed by atoms with Crippen LogP contribution in [0.3, 0.4) is 0 Å². The van der Waals surface area contributed by atoms with E-state index in [1.165, 1.54) is 6.92 Å². The number of rotatable bonds is 3. The van der Waals surface area contributed by atoms with E-state index in [2.05, 4.69) is 19.9 Å². The largest absolute Gasteiger partial charge is 0.434 e. The second kappa shape index (κ2) is 7.22. The SMILES string of the molecule is Cc1cc(F)c(Cc2nc(-c3ncc(F)c(=O)[nH]3)cn3cc(C(F)(F)F)nc23)cc1F. The van der Waals surface area contributed by atoms with Crippen LogP contribution in [-0.2, 0) is 12.6 Å². The van der Waals surface area contributed by atoms with Gasteiger partial charge in [-0.1, -0.05) is 0 Å². The highest BCUT2D eigenvalue weighted by molar-refractivity contribution is 5.56. The zero-order valence-electron chi connectivity index (χ0n) is 15.6. The van der Waals surface area contributed by atoms with Gasteiger partial charge < -0.3 is 9.38 Å².